The predicted molar refractivity (Wildman–Crippen MR) is 57.2 cm³/mol. The standard InChI is InChI=1S/C8H4BrF2N3S/c9-7-13-14-8(15-7)12-4-1-2-5(10)6(11)3-4/h1-3H,(H,12,14). The largest absolute Gasteiger partial charge is 0.330 e. The van der Waals surface area contributed by atoms with E-state index in [9.17, 15) is 8.78 Å². The third-order valence-corrected chi connectivity index (χ3v) is 2.84. The van der Waals surface area contributed by atoms with E-state index in [1.165, 1.54) is 17.4 Å². The highest BCUT2D eigenvalue weighted by Gasteiger charge is 2.05. The van der Waals surface area contributed by atoms with Crippen molar-refractivity contribution >= 4 is 38.1 Å². The summed E-state index contributed by atoms with van der Waals surface area (Å²) in [7, 11) is 0. The molecule has 0 atom stereocenters. The Labute approximate surface area is 96.3 Å². The number of anilines is 2. The second kappa shape index (κ2) is 4.19. The predicted octanol–water partition coefficient (Wildman–Crippen LogP) is 3.32. The molecule has 0 saturated heterocycles. The zero-order chi connectivity index (χ0) is 10.8. The molecule has 7 heteroatoms. The maximum atomic E-state index is 12.8. The van der Waals surface area contributed by atoms with Gasteiger partial charge in [0, 0.05) is 11.8 Å². The van der Waals surface area contributed by atoms with Gasteiger partial charge in [-0.3, -0.25) is 0 Å². The molecule has 15 heavy (non-hydrogen) atoms. The lowest BCUT2D eigenvalue weighted by atomic mass is 10.3. The highest BCUT2D eigenvalue weighted by atomic mass is 79.9. The average Bonchev–Trinajstić information content (AvgIpc) is 2.58. The lowest BCUT2D eigenvalue weighted by Crippen LogP contribution is -1.92. The summed E-state index contributed by atoms with van der Waals surface area (Å²) in [6.07, 6.45) is 0. The van der Waals surface area contributed by atoms with Gasteiger partial charge in [-0.05, 0) is 28.1 Å². The number of aromatic nitrogens is 2. The zero-order valence-electron chi connectivity index (χ0n) is 7.17. The minimum absolute atomic E-state index is 0.428. The van der Waals surface area contributed by atoms with Crippen molar-refractivity contribution in [2.75, 3.05) is 5.32 Å². The third kappa shape index (κ3) is 2.48. The van der Waals surface area contributed by atoms with Crippen LogP contribution in [0.4, 0.5) is 19.6 Å². The lowest BCUT2D eigenvalue weighted by molar-refractivity contribution is 0.509. The van der Waals surface area contributed by atoms with Crippen LogP contribution in [-0.4, -0.2) is 10.2 Å². The molecular formula is C8H4BrF2N3S. The molecule has 0 unspecified atom stereocenters. The van der Waals surface area contributed by atoms with Crippen molar-refractivity contribution in [1.82, 2.24) is 10.2 Å². The summed E-state index contributed by atoms with van der Waals surface area (Å²) in [5, 5.41) is 10.8. The quantitative estimate of drug-likeness (QED) is 0.922. The lowest BCUT2D eigenvalue weighted by Gasteiger charge is -2.01. The highest BCUT2D eigenvalue weighted by Crippen LogP contribution is 2.24. The smallest absolute Gasteiger partial charge is 0.210 e. The van der Waals surface area contributed by atoms with E-state index in [1.54, 1.807) is 0 Å². The fourth-order valence-electron chi connectivity index (χ4n) is 0.953. The number of nitrogens with zero attached hydrogens (tertiary/aromatic N) is 2. The molecule has 2 rings (SSSR count). The van der Waals surface area contributed by atoms with E-state index in [4.69, 9.17) is 0 Å². The van der Waals surface area contributed by atoms with Gasteiger partial charge in [0.2, 0.25) is 5.13 Å². The first-order chi connectivity index (χ1) is 7.15. The van der Waals surface area contributed by atoms with Crippen molar-refractivity contribution in [3.05, 3.63) is 33.8 Å². The van der Waals surface area contributed by atoms with Crippen LogP contribution in [0.5, 0.6) is 0 Å². The van der Waals surface area contributed by atoms with Gasteiger partial charge in [-0.15, -0.1) is 10.2 Å². The molecule has 0 bridgehead atoms. The fraction of sp³-hybridized carbons (Fsp3) is 0. The molecule has 0 radical (unpaired) electrons. The molecule has 1 aromatic heterocycles. The summed E-state index contributed by atoms with van der Waals surface area (Å²) in [5.41, 5.74) is 0.428. The Hall–Kier alpha value is -1.08. The van der Waals surface area contributed by atoms with E-state index in [-0.39, 0.29) is 0 Å². The van der Waals surface area contributed by atoms with Gasteiger partial charge in [0.1, 0.15) is 0 Å². The minimum Gasteiger partial charge on any atom is -0.330 e. The fourth-order valence-corrected chi connectivity index (χ4v) is 1.98. The first-order valence-corrected chi connectivity index (χ1v) is 5.47. The van der Waals surface area contributed by atoms with Crippen LogP contribution in [-0.2, 0) is 0 Å². The van der Waals surface area contributed by atoms with E-state index in [2.05, 4.69) is 31.4 Å². The van der Waals surface area contributed by atoms with Crippen LogP contribution in [0, 0.1) is 11.6 Å². The van der Waals surface area contributed by atoms with Crippen molar-refractivity contribution in [3.8, 4) is 0 Å². The van der Waals surface area contributed by atoms with Crippen LogP contribution in [0.3, 0.4) is 0 Å². The summed E-state index contributed by atoms with van der Waals surface area (Å²) < 4.78 is 26.1. The monoisotopic (exact) mass is 291 g/mol. The van der Waals surface area contributed by atoms with Crippen molar-refractivity contribution in [1.29, 1.82) is 0 Å². The van der Waals surface area contributed by atoms with Crippen LogP contribution < -0.4 is 5.32 Å². The number of hydrogen-bond acceptors (Lipinski definition) is 4. The molecule has 0 saturated carbocycles. The molecule has 1 N–H and O–H groups in total. The number of hydrogen-bond donors (Lipinski definition) is 1. The maximum absolute atomic E-state index is 12.8. The first-order valence-electron chi connectivity index (χ1n) is 3.86. The van der Waals surface area contributed by atoms with E-state index in [1.807, 2.05) is 0 Å². The van der Waals surface area contributed by atoms with Gasteiger partial charge in [-0.2, -0.15) is 0 Å². The first kappa shape index (κ1) is 10.4. The van der Waals surface area contributed by atoms with Gasteiger partial charge < -0.3 is 5.32 Å². The SMILES string of the molecule is Fc1ccc(Nc2nnc(Br)s2)cc1F. The zero-order valence-corrected chi connectivity index (χ0v) is 9.57. The second-order valence-corrected chi connectivity index (χ2v) is 4.87. The van der Waals surface area contributed by atoms with Crippen molar-refractivity contribution in [2.24, 2.45) is 0 Å². The van der Waals surface area contributed by atoms with Crippen LogP contribution in [0.15, 0.2) is 22.1 Å². The van der Waals surface area contributed by atoms with E-state index in [0.717, 1.165) is 12.1 Å². The minimum atomic E-state index is -0.899. The molecule has 3 nitrogen and oxygen atoms in total. The Morgan fingerprint density at radius 2 is 2.00 bits per heavy atom. The molecule has 1 heterocycles. The van der Waals surface area contributed by atoms with Gasteiger partial charge in [0.25, 0.3) is 0 Å². The van der Waals surface area contributed by atoms with Crippen molar-refractivity contribution in [2.45, 2.75) is 0 Å². The third-order valence-electron chi connectivity index (χ3n) is 1.57. The Morgan fingerprint density at radius 3 is 2.60 bits per heavy atom. The van der Waals surface area contributed by atoms with Crippen LogP contribution in [0.2, 0.25) is 0 Å². The normalized spacial score (nSPS) is 10.3. The second-order valence-electron chi connectivity index (χ2n) is 2.61. The summed E-state index contributed by atoms with van der Waals surface area (Å²) in [4.78, 5) is 0. The van der Waals surface area contributed by atoms with E-state index in [0.29, 0.717) is 14.7 Å². The molecule has 2 aromatic rings. The maximum Gasteiger partial charge on any atom is 0.210 e. The number of benzene rings is 1. The van der Waals surface area contributed by atoms with Gasteiger partial charge in [-0.25, -0.2) is 8.78 Å². The molecule has 0 aliphatic heterocycles. The Balaban J connectivity index is 2.21. The summed E-state index contributed by atoms with van der Waals surface area (Å²) >= 11 is 4.40. The summed E-state index contributed by atoms with van der Waals surface area (Å²) in [6.45, 7) is 0. The molecule has 0 spiro atoms. The molecule has 0 aliphatic rings. The van der Waals surface area contributed by atoms with Crippen LogP contribution in [0.25, 0.3) is 0 Å². The number of nitrogens with one attached hydrogen (secondary N) is 1. The topological polar surface area (TPSA) is 37.8 Å². The summed E-state index contributed by atoms with van der Waals surface area (Å²) in [6, 6.07) is 3.53. The van der Waals surface area contributed by atoms with Crippen molar-refractivity contribution in [3.63, 3.8) is 0 Å². The van der Waals surface area contributed by atoms with E-state index >= 15 is 0 Å². The average molecular weight is 292 g/mol. The molecule has 78 valence electrons. The van der Waals surface area contributed by atoms with Gasteiger partial charge in [0.05, 0.1) is 0 Å². The molecule has 1 aromatic carbocycles. The van der Waals surface area contributed by atoms with Gasteiger partial charge >= 0.3 is 0 Å². The van der Waals surface area contributed by atoms with Gasteiger partial charge in [0.15, 0.2) is 15.6 Å². The highest BCUT2D eigenvalue weighted by molar-refractivity contribution is 9.11. The molecular weight excluding hydrogens is 288 g/mol. The van der Waals surface area contributed by atoms with Crippen LogP contribution >= 0.6 is 27.3 Å². The molecule has 0 amide bonds. The van der Waals surface area contributed by atoms with E-state index < -0.39 is 11.6 Å². The van der Waals surface area contributed by atoms with Gasteiger partial charge in [-0.1, -0.05) is 11.3 Å². The summed E-state index contributed by atoms with van der Waals surface area (Å²) in [5.74, 6) is -1.78. The Morgan fingerprint density at radius 1 is 1.20 bits per heavy atom. The Kier molecular flexibility index (Phi) is 2.92. The molecule has 0 aliphatic carbocycles. The number of halogens is 3. The van der Waals surface area contributed by atoms with Crippen LogP contribution in [0.1, 0.15) is 0 Å². The number of rotatable bonds is 2. The molecule has 0 fully saturated rings. The van der Waals surface area contributed by atoms with Crippen molar-refractivity contribution < 1.29 is 8.78 Å². The Bertz CT molecular complexity index is 488.